The van der Waals surface area contributed by atoms with Gasteiger partial charge in [0.15, 0.2) is 0 Å². The normalized spacial score (nSPS) is 28.8. The Hall–Kier alpha value is -1.59. The zero-order valence-electron chi connectivity index (χ0n) is 19.5. The van der Waals surface area contributed by atoms with Crippen molar-refractivity contribution in [3.8, 4) is 5.75 Å². The fourth-order valence-corrected chi connectivity index (χ4v) is 5.02. The fraction of sp³-hybridized carbons (Fsp3) is 0.720. The summed E-state index contributed by atoms with van der Waals surface area (Å²) >= 11 is 0. The quantitative estimate of drug-likeness (QED) is 0.809. The zero-order valence-corrected chi connectivity index (χ0v) is 19.5. The van der Waals surface area contributed by atoms with Gasteiger partial charge >= 0.3 is 0 Å². The lowest BCUT2D eigenvalue weighted by atomic mass is 9.71. The summed E-state index contributed by atoms with van der Waals surface area (Å²) in [6.07, 6.45) is 4.80. The van der Waals surface area contributed by atoms with Gasteiger partial charge in [0.2, 0.25) is 5.91 Å². The van der Waals surface area contributed by atoms with E-state index in [1.807, 2.05) is 31.2 Å². The summed E-state index contributed by atoms with van der Waals surface area (Å²) in [6.45, 7) is 13.2. The van der Waals surface area contributed by atoms with Crippen LogP contribution in [-0.4, -0.2) is 65.2 Å². The van der Waals surface area contributed by atoms with Crippen molar-refractivity contribution >= 4 is 5.91 Å². The number of ether oxygens (including phenoxy) is 1. The molecule has 1 saturated heterocycles. The third-order valence-electron chi connectivity index (χ3n) is 7.05. The Morgan fingerprint density at radius 3 is 2.30 bits per heavy atom. The van der Waals surface area contributed by atoms with Crippen LogP contribution in [0.5, 0.6) is 5.75 Å². The highest BCUT2D eigenvalue weighted by Gasteiger charge is 2.40. The first-order valence-corrected chi connectivity index (χ1v) is 11.5. The average molecular weight is 417 g/mol. The third-order valence-corrected chi connectivity index (χ3v) is 7.05. The molecule has 3 rings (SSSR count). The molecule has 1 heterocycles. The molecule has 1 unspecified atom stereocenters. The number of rotatable bonds is 4. The molecule has 168 valence electrons. The van der Waals surface area contributed by atoms with Crippen LogP contribution < -0.4 is 4.74 Å². The molecule has 1 aromatic rings. The number of carbonyl (C=O) groups excluding carboxylic acids is 1. The highest BCUT2D eigenvalue weighted by Crippen LogP contribution is 2.39. The predicted octanol–water partition coefficient (Wildman–Crippen LogP) is 3.87. The van der Waals surface area contributed by atoms with Gasteiger partial charge in [-0.15, -0.1) is 0 Å². The minimum atomic E-state index is -1.08. The summed E-state index contributed by atoms with van der Waals surface area (Å²) in [6, 6.07) is 8.36. The Morgan fingerprint density at radius 2 is 1.73 bits per heavy atom. The van der Waals surface area contributed by atoms with Gasteiger partial charge in [-0.05, 0) is 56.1 Å². The highest BCUT2D eigenvalue weighted by atomic mass is 16.5. The highest BCUT2D eigenvalue weighted by molar-refractivity contribution is 5.73. The van der Waals surface area contributed by atoms with Gasteiger partial charge in [0.1, 0.15) is 18.0 Å². The van der Waals surface area contributed by atoms with Crippen molar-refractivity contribution in [3.05, 3.63) is 29.8 Å². The van der Waals surface area contributed by atoms with Gasteiger partial charge in [0.25, 0.3) is 0 Å². The largest absolute Gasteiger partial charge is 0.490 e. The fourth-order valence-electron chi connectivity index (χ4n) is 5.02. The Balaban J connectivity index is 1.68. The van der Waals surface area contributed by atoms with Crippen LogP contribution in [0, 0.1) is 18.3 Å². The predicted molar refractivity (Wildman–Crippen MR) is 121 cm³/mol. The van der Waals surface area contributed by atoms with Gasteiger partial charge in [-0.1, -0.05) is 38.5 Å². The SMILES string of the molecule is CC(=O)N1CCN(C2CCC(C(C)(C)C)CC2)CC(O)(COc2ccc(C)cc2)C1. The molecule has 0 aromatic heterocycles. The first-order valence-electron chi connectivity index (χ1n) is 11.5. The summed E-state index contributed by atoms with van der Waals surface area (Å²) < 4.78 is 5.97. The minimum absolute atomic E-state index is 0.0158. The average Bonchev–Trinajstić information content (AvgIpc) is 2.87. The van der Waals surface area contributed by atoms with Crippen LogP contribution in [0.2, 0.25) is 0 Å². The molecule has 1 aliphatic carbocycles. The van der Waals surface area contributed by atoms with Crippen molar-refractivity contribution in [1.29, 1.82) is 0 Å². The van der Waals surface area contributed by atoms with Crippen molar-refractivity contribution in [2.75, 3.05) is 32.8 Å². The summed E-state index contributed by atoms with van der Waals surface area (Å²) in [5.74, 6) is 1.53. The number of amides is 1. The van der Waals surface area contributed by atoms with Crippen LogP contribution in [0.25, 0.3) is 0 Å². The molecule has 1 N–H and O–H groups in total. The second kappa shape index (κ2) is 9.27. The molecule has 5 heteroatoms. The van der Waals surface area contributed by atoms with Gasteiger partial charge in [-0.2, -0.15) is 0 Å². The first kappa shape index (κ1) is 23.1. The number of benzene rings is 1. The Bertz CT molecular complexity index is 704. The molecule has 1 atom stereocenters. The number of hydrogen-bond donors (Lipinski definition) is 1. The molecular weight excluding hydrogens is 376 g/mol. The lowest BCUT2D eigenvalue weighted by Crippen LogP contribution is -2.53. The standard InChI is InChI=1S/C25H40N2O3/c1-19-6-12-23(13-7-19)30-18-25(29)16-26(20(2)28)14-15-27(17-25)22-10-8-21(9-11-22)24(3,4)5/h6-7,12-13,21-22,29H,8-11,14-18H2,1-5H3. The van der Waals surface area contributed by atoms with Crippen LogP contribution in [0.1, 0.15) is 58.9 Å². The first-order chi connectivity index (χ1) is 14.1. The van der Waals surface area contributed by atoms with E-state index in [9.17, 15) is 9.90 Å². The van der Waals surface area contributed by atoms with Gasteiger partial charge in [-0.25, -0.2) is 0 Å². The van der Waals surface area contributed by atoms with Gasteiger partial charge in [-0.3, -0.25) is 9.69 Å². The summed E-state index contributed by atoms with van der Waals surface area (Å²) in [7, 11) is 0. The maximum atomic E-state index is 12.1. The van der Waals surface area contributed by atoms with E-state index >= 15 is 0 Å². The lowest BCUT2D eigenvalue weighted by Gasteiger charge is -2.42. The Kier molecular flexibility index (Phi) is 7.13. The van der Waals surface area contributed by atoms with Crippen molar-refractivity contribution in [3.63, 3.8) is 0 Å². The monoisotopic (exact) mass is 416 g/mol. The summed E-state index contributed by atoms with van der Waals surface area (Å²) in [5.41, 5.74) is 0.460. The van der Waals surface area contributed by atoms with Gasteiger partial charge < -0.3 is 14.7 Å². The van der Waals surface area contributed by atoms with E-state index in [2.05, 4.69) is 25.7 Å². The molecule has 0 radical (unpaired) electrons. The number of β-amino-alcohol motifs (C(OH)–C–C–N with tert-alkyl or cyclic N) is 1. The van der Waals surface area contributed by atoms with Crippen LogP contribution in [0.3, 0.4) is 0 Å². The number of hydrogen-bond acceptors (Lipinski definition) is 4. The molecule has 0 spiro atoms. The van der Waals surface area contributed by atoms with Crippen molar-refractivity contribution < 1.29 is 14.6 Å². The number of aryl methyl sites for hydroxylation is 1. The molecule has 2 fully saturated rings. The van der Waals surface area contributed by atoms with Crippen LogP contribution in [0.15, 0.2) is 24.3 Å². The molecule has 30 heavy (non-hydrogen) atoms. The zero-order chi connectivity index (χ0) is 21.9. The van der Waals surface area contributed by atoms with E-state index in [4.69, 9.17) is 4.74 Å². The van der Waals surface area contributed by atoms with E-state index in [0.29, 0.717) is 31.1 Å². The molecule has 1 amide bonds. The number of aliphatic hydroxyl groups is 1. The van der Waals surface area contributed by atoms with E-state index in [-0.39, 0.29) is 12.5 Å². The van der Waals surface area contributed by atoms with Crippen molar-refractivity contribution in [2.45, 2.75) is 71.9 Å². The molecular formula is C25H40N2O3. The topological polar surface area (TPSA) is 53.0 Å². The second-order valence-corrected chi connectivity index (χ2v) is 10.6. The van der Waals surface area contributed by atoms with E-state index in [1.165, 1.54) is 18.4 Å². The smallest absolute Gasteiger partial charge is 0.219 e. The van der Waals surface area contributed by atoms with Crippen LogP contribution in [0.4, 0.5) is 0 Å². The molecule has 1 aliphatic heterocycles. The van der Waals surface area contributed by atoms with E-state index < -0.39 is 5.60 Å². The molecule has 5 nitrogen and oxygen atoms in total. The van der Waals surface area contributed by atoms with Crippen molar-refractivity contribution in [2.24, 2.45) is 11.3 Å². The van der Waals surface area contributed by atoms with Gasteiger partial charge in [0, 0.05) is 32.6 Å². The van der Waals surface area contributed by atoms with E-state index in [0.717, 1.165) is 31.1 Å². The van der Waals surface area contributed by atoms with Crippen LogP contribution >= 0.6 is 0 Å². The lowest BCUT2D eigenvalue weighted by molar-refractivity contribution is -0.132. The maximum absolute atomic E-state index is 12.1. The second-order valence-electron chi connectivity index (χ2n) is 10.6. The Morgan fingerprint density at radius 1 is 1.10 bits per heavy atom. The minimum Gasteiger partial charge on any atom is -0.490 e. The molecule has 1 saturated carbocycles. The third kappa shape index (κ3) is 5.98. The Labute approximate surface area is 182 Å². The summed E-state index contributed by atoms with van der Waals surface area (Å²) in [5, 5.41) is 11.5. The number of carbonyl (C=O) groups is 1. The molecule has 2 aliphatic rings. The van der Waals surface area contributed by atoms with Gasteiger partial charge in [0.05, 0.1) is 6.54 Å². The number of nitrogens with zero attached hydrogens (tertiary/aromatic N) is 2. The van der Waals surface area contributed by atoms with E-state index in [1.54, 1.807) is 11.8 Å². The maximum Gasteiger partial charge on any atom is 0.219 e. The summed E-state index contributed by atoms with van der Waals surface area (Å²) in [4.78, 5) is 16.3. The van der Waals surface area contributed by atoms with Crippen LogP contribution in [-0.2, 0) is 4.79 Å². The van der Waals surface area contributed by atoms with Crippen molar-refractivity contribution in [1.82, 2.24) is 9.80 Å². The molecule has 0 bridgehead atoms. The molecule has 1 aromatic carbocycles.